The molecular weight excluding hydrogens is 304 g/mol. The second-order valence-corrected chi connectivity index (χ2v) is 9.65. The van der Waals surface area contributed by atoms with E-state index in [9.17, 15) is 9.59 Å². The molecule has 0 N–H and O–H groups in total. The Balaban J connectivity index is 2.63. The van der Waals surface area contributed by atoms with E-state index < -0.39 is 11.4 Å². The van der Waals surface area contributed by atoms with Crippen molar-refractivity contribution in [2.75, 3.05) is 6.61 Å². The molecule has 0 amide bonds. The predicted molar refractivity (Wildman–Crippen MR) is 95.6 cm³/mol. The molecule has 0 bridgehead atoms. The van der Waals surface area contributed by atoms with Gasteiger partial charge in [0.15, 0.2) is 6.61 Å². The van der Waals surface area contributed by atoms with Crippen molar-refractivity contribution < 1.29 is 19.1 Å². The SMILES string of the molecule is CC(C)(C)CC(C)(C(=O)OCC(=O)OC1CCCCC1)C(C)(C)C. The molecular formula is C20H36O4. The van der Waals surface area contributed by atoms with E-state index in [0.717, 1.165) is 25.7 Å². The molecule has 1 aliphatic rings. The van der Waals surface area contributed by atoms with E-state index in [2.05, 4.69) is 20.8 Å². The van der Waals surface area contributed by atoms with Crippen LogP contribution in [0.15, 0.2) is 0 Å². The predicted octanol–water partition coefficient (Wildman–Crippen LogP) is 4.89. The fraction of sp³-hybridized carbons (Fsp3) is 0.900. The van der Waals surface area contributed by atoms with Gasteiger partial charge in [-0.05, 0) is 49.9 Å². The van der Waals surface area contributed by atoms with Crippen molar-refractivity contribution in [2.45, 2.75) is 93.1 Å². The average molecular weight is 341 g/mol. The van der Waals surface area contributed by atoms with Crippen LogP contribution in [0.1, 0.15) is 87.0 Å². The third kappa shape index (κ3) is 6.10. The Kier molecular flexibility index (Phi) is 6.89. The van der Waals surface area contributed by atoms with Crippen molar-refractivity contribution in [2.24, 2.45) is 16.2 Å². The van der Waals surface area contributed by atoms with Crippen molar-refractivity contribution >= 4 is 11.9 Å². The first kappa shape index (κ1) is 21.0. The van der Waals surface area contributed by atoms with Crippen molar-refractivity contribution in [3.05, 3.63) is 0 Å². The highest BCUT2D eigenvalue weighted by molar-refractivity contribution is 5.81. The fourth-order valence-corrected chi connectivity index (χ4v) is 3.39. The molecule has 1 atom stereocenters. The highest BCUT2D eigenvalue weighted by Crippen LogP contribution is 2.47. The second kappa shape index (κ2) is 7.88. The van der Waals surface area contributed by atoms with E-state index >= 15 is 0 Å². The first-order valence-corrected chi connectivity index (χ1v) is 9.22. The lowest BCUT2D eigenvalue weighted by molar-refractivity contribution is -0.174. The minimum Gasteiger partial charge on any atom is -0.460 e. The van der Waals surface area contributed by atoms with Gasteiger partial charge in [-0.1, -0.05) is 48.0 Å². The summed E-state index contributed by atoms with van der Waals surface area (Å²) >= 11 is 0. The Bertz CT molecular complexity index is 436. The Labute approximate surface area is 147 Å². The monoisotopic (exact) mass is 340 g/mol. The zero-order valence-corrected chi connectivity index (χ0v) is 16.7. The number of carbonyl (C=O) groups is 2. The molecule has 24 heavy (non-hydrogen) atoms. The Morgan fingerprint density at radius 2 is 1.46 bits per heavy atom. The minimum atomic E-state index is -0.656. The van der Waals surface area contributed by atoms with Crippen LogP contribution in [0.25, 0.3) is 0 Å². The molecule has 0 aromatic heterocycles. The Hall–Kier alpha value is -1.06. The topological polar surface area (TPSA) is 52.6 Å². The average Bonchev–Trinajstić information content (AvgIpc) is 2.42. The summed E-state index contributed by atoms with van der Waals surface area (Å²) in [5.74, 6) is -0.743. The van der Waals surface area contributed by atoms with E-state index in [4.69, 9.17) is 9.47 Å². The van der Waals surface area contributed by atoms with Crippen LogP contribution in [0.3, 0.4) is 0 Å². The molecule has 0 aliphatic heterocycles. The summed E-state index contributed by atoms with van der Waals surface area (Å²) in [4.78, 5) is 24.7. The first-order chi connectivity index (χ1) is 10.8. The molecule has 0 saturated heterocycles. The Morgan fingerprint density at radius 3 is 1.92 bits per heavy atom. The molecule has 1 saturated carbocycles. The molecule has 140 valence electrons. The maximum Gasteiger partial charge on any atom is 0.344 e. The third-order valence-corrected chi connectivity index (χ3v) is 5.16. The smallest absolute Gasteiger partial charge is 0.344 e. The summed E-state index contributed by atoms with van der Waals surface area (Å²) in [5, 5.41) is 0. The molecule has 0 aromatic carbocycles. The lowest BCUT2D eigenvalue weighted by atomic mass is 9.61. The van der Waals surface area contributed by atoms with Crippen LogP contribution in [-0.2, 0) is 19.1 Å². The van der Waals surface area contributed by atoms with Crippen LogP contribution in [0.2, 0.25) is 0 Å². The number of carbonyl (C=O) groups excluding carboxylic acids is 2. The number of rotatable bonds is 5. The fourth-order valence-electron chi connectivity index (χ4n) is 3.39. The van der Waals surface area contributed by atoms with E-state index in [1.807, 2.05) is 27.7 Å². The first-order valence-electron chi connectivity index (χ1n) is 9.22. The number of ether oxygens (including phenoxy) is 2. The number of hydrogen-bond acceptors (Lipinski definition) is 4. The van der Waals surface area contributed by atoms with Gasteiger partial charge in [0.2, 0.25) is 0 Å². The molecule has 1 unspecified atom stereocenters. The van der Waals surface area contributed by atoms with Crippen LogP contribution in [-0.4, -0.2) is 24.6 Å². The zero-order valence-electron chi connectivity index (χ0n) is 16.7. The molecule has 0 spiro atoms. The van der Waals surface area contributed by atoms with Crippen molar-refractivity contribution in [3.63, 3.8) is 0 Å². The number of hydrogen-bond donors (Lipinski definition) is 0. The van der Waals surface area contributed by atoms with E-state index in [-0.39, 0.29) is 29.5 Å². The Morgan fingerprint density at radius 1 is 0.917 bits per heavy atom. The molecule has 4 nitrogen and oxygen atoms in total. The quantitative estimate of drug-likeness (QED) is 0.668. The second-order valence-electron chi connectivity index (χ2n) is 9.65. The van der Waals surface area contributed by atoms with Gasteiger partial charge in [-0.15, -0.1) is 0 Å². The summed E-state index contributed by atoms with van der Waals surface area (Å²) in [6.45, 7) is 14.1. The maximum atomic E-state index is 12.8. The molecule has 1 fully saturated rings. The minimum absolute atomic E-state index is 0.00599. The van der Waals surface area contributed by atoms with Crippen LogP contribution < -0.4 is 0 Å². The molecule has 1 rings (SSSR count). The summed E-state index contributed by atoms with van der Waals surface area (Å²) < 4.78 is 10.8. The van der Waals surface area contributed by atoms with Gasteiger partial charge in [0.05, 0.1) is 5.41 Å². The summed E-state index contributed by atoms with van der Waals surface area (Å²) in [5.41, 5.74) is -0.926. The number of esters is 2. The van der Waals surface area contributed by atoms with E-state index in [0.29, 0.717) is 6.42 Å². The van der Waals surface area contributed by atoms with Gasteiger partial charge >= 0.3 is 11.9 Å². The highest BCUT2D eigenvalue weighted by Gasteiger charge is 2.47. The zero-order chi connectivity index (χ0) is 18.6. The normalized spacial score (nSPS) is 19.5. The third-order valence-electron chi connectivity index (χ3n) is 5.16. The largest absolute Gasteiger partial charge is 0.460 e. The van der Waals surface area contributed by atoms with Crippen LogP contribution >= 0.6 is 0 Å². The summed E-state index contributed by atoms with van der Waals surface area (Å²) in [6, 6.07) is 0. The van der Waals surface area contributed by atoms with Gasteiger partial charge in [0.1, 0.15) is 6.10 Å². The van der Waals surface area contributed by atoms with E-state index in [1.165, 1.54) is 6.42 Å². The lowest BCUT2D eigenvalue weighted by Crippen LogP contribution is -2.45. The van der Waals surface area contributed by atoms with Gasteiger partial charge < -0.3 is 9.47 Å². The van der Waals surface area contributed by atoms with Crippen molar-refractivity contribution in [1.29, 1.82) is 0 Å². The lowest BCUT2D eigenvalue weighted by Gasteiger charge is -2.43. The molecule has 0 aromatic rings. The summed E-state index contributed by atoms with van der Waals surface area (Å²) in [7, 11) is 0. The molecule has 0 heterocycles. The highest BCUT2D eigenvalue weighted by atomic mass is 16.6. The standard InChI is InChI=1S/C20H36O4/c1-18(2,3)14-20(7,19(4,5)6)17(22)23-13-16(21)24-15-11-9-8-10-12-15/h15H,8-14H2,1-7H3. The van der Waals surface area contributed by atoms with Crippen LogP contribution in [0, 0.1) is 16.2 Å². The van der Waals surface area contributed by atoms with Crippen LogP contribution in [0.4, 0.5) is 0 Å². The van der Waals surface area contributed by atoms with Gasteiger partial charge in [-0.2, -0.15) is 0 Å². The molecule has 0 radical (unpaired) electrons. The van der Waals surface area contributed by atoms with Crippen LogP contribution in [0.5, 0.6) is 0 Å². The van der Waals surface area contributed by atoms with Gasteiger partial charge in [0.25, 0.3) is 0 Å². The van der Waals surface area contributed by atoms with Gasteiger partial charge in [0, 0.05) is 0 Å². The van der Waals surface area contributed by atoms with Gasteiger partial charge in [-0.25, -0.2) is 4.79 Å². The molecule has 1 aliphatic carbocycles. The van der Waals surface area contributed by atoms with Crippen molar-refractivity contribution in [1.82, 2.24) is 0 Å². The van der Waals surface area contributed by atoms with Gasteiger partial charge in [-0.3, -0.25) is 4.79 Å². The maximum absolute atomic E-state index is 12.8. The molecule has 4 heteroatoms. The summed E-state index contributed by atoms with van der Waals surface area (Å²) in [6.07, 6.45) is 5.94. The van der Waals surface area contributed by atoms with E-state index in [1.54, 1.807) is 0 Å². The van der Waals surface area contributed by atoms with Crippen molar-refractivity contribution in [3.8, 4) is 0 Å².